The number of hydrogen-bond donors (Lipinski definition) is 3. The number of aromatic amines is 2. The molecule has 1 amide bonds. The smallest absolute Gasteiger partial charge is 0.255 e. The summed E-state index contributed by atoms with van der Waals surface area (Å²) in [5.74, 6) is 0.770. The Morgan fingerprint density at radius 1 is 1.29 bits per heavy atom. The monoisotopic (exact) mass is 283 g/mol. The minimum absolute atomic E-state index is 0.102. The van der Waals surface area contributed by atoms with Crippen molar-refractivity contribution in [3.05, 3.63) is 47.0 Å². The zero-order valence-electron chi connectivity index (χ0n) is 12.0. The van der Waals surface area contributed by atoms with Crippen molar-refractivity contribution in [3.63, 3.8) is 0 Å². The summed E-state index contributed by atoms with van der Waals surface area (Å²) in [6.45, 7) is 4.19. The molecule has 3 aromatic rings. The molecule has 0 aliphatic rings. The zero-order valence-corrected chi connectivity index (χ0v) is 12.0. The van der Waals surface area contributed by atoms with Crippen molar-refractivity contribution in [1.82, 2.24) is 25.5 Å². The zero-order chi connectivity index (χ0) is 14.8. The molecule has 21 heavy (non-hydrogen) atoms. The quantitative estimate of drug-likeness (QED) is 0.683. The van der Waals surface area contributed by atoms with Gasteiger partial charge in [-0.2, -0.15) is 5.10 Å². The normalized spacial score (nSPS) is 11.0. The number of rotatable bonds is 4. The standard InChI is InChI=1S/C15H17N5O/c1-9-14(10(2)20-19-9)15(21)16-8-7-13-17-11-5-3-4-6-12(11)18-13/h3-6H,7-8H2,1-2H3,(H,16,21)(H,17,18)(H,19,20). The van der Waals surface area contributed by atoms with Crippen LogP contribution in [0.4, 0.5) is 0 Å². The Bertz CT molecular complexity index is 734. The van der Waals surface area contributed by atoms with E-state index < -0.39 is 0 Å². The molecule has 0 saturated carbocycles. The van der Waals surface area contributed by atoms with Crippen LogP contribution >= 0.6 is 0 Å². The molecule has 3 N–H and O–H groups in total. The molecule has 0 saturated heterocycles. The average Bonchev–Trinajstić information content (AvgIpc) is 3.01. The van der Waals surface area contributed by atoms with E-state index in [1.807, 2.05) is 38.1 Å². The highest BCUT2D eigenvalue weighted by molar-refractivity contribution is 5.96. The molecular formula is C15H17N5O. The fourth-order valence-corrected chi connectivity index (χ4v) is 2.39. The summed E-state index contributed by atoms with van der Waals surface area (Å²) in [7, 11) is 0. The van der Waals surface area contributed by atoms with E-state index in [0.717, 1.165) is 22.6 Å². The van der Waals surface area contributed by atoms with Gasteiger partial charge in [0.25, 0.3) is 5.91 Å². The number of aromatic nitrogens is 4. The molecule has 0 aliphatic carbocycles. The summed E-state index contributed by atoms with van der Waals surface area (Å²) in [5, 5.41) is 9.74. The first-order valence-corrected chi connectivity index (χ1v) is 6.88. The van der Waals surface area contributed by atoms with Crippen molar-refractivity contribution in [1.29, 1.82) is 0 Å². The maximum Gasteiger partial charge on any atom is 0.255 e. The lowest BCUT2D eigenvalue weighted by Crippen LogP contribution is -2.26. The summed E-state index contributed by atoms with van der Waals surface area (Å²) in [6.07, 6.45) is 0.663. The Labute approximate surface area is 122 Å². The van der Waals surface area contributed by atoms with Gasteiger partial charge in [0.05, 0.1) is 22.3 Å². The van der Waals surface area contributed by atoms with Gasteiger partial charge in [0.15, 0.2) is 0 Å². The van der Waals surface area contributed by atoms with E-state index in [2.05, 4.69) is 25.5 Å². The van der Waals surface area contributed by atoms with Gasteiger partial charge in [-0.3, -0.25) is 9.89 Å². The molecule has 0 bridgehead atoms. The fraction of sp³-hybridized carbons (Fsp3) is 0.267. The van der Waals surface area contributed by atoms with Crippen LogP contribution in [0.25, 0.3) is 11.0 Å². The molecule has 0 aliphatic heterocycles. The SMILES string of the molecule is Cc1n[nH]c(C)c1C(=O)NCCc1nc2ccccc2[nH]1. The second-order valence-corrected chi connectivity index (χ2v) is 5.02. The molecule has 6 heteroatoms. The van der Waals surface area contributed by atoms with Gasteiger partial charge in [-0.1, -0.05) is 12.1 Å². The number of hydrogen-bond acceptors (Lipinski definition) is 3. The van der Waals surface area contributed by atoms with Crippen molar-refractivity contribution < 1.29 is 4.79 Å². The Morgan fingerprint density at radius 2 is 2.10 bits per heavy atom. The van der Waals surface area contributed by atoms with Crippen molar-refractivity contribution in [2.24, 2.45) is 0 Å². The number of aryl methyl sites for hydroxylation is 2. The largest absolute Gasteiger partial charge is 0.351 e. The lowest BCUT2D eigenvalue weighted by Gasteiger charge is -2.03. The molecule has 0 spiro atoms. The van der Waals surface area contributed by atoms with Gasteiger partial charge in [-0.25, -0.2) is 4.98 Å². The van der Waals surface area contributed by atoms with Crippen LogP contribution in [0.3, 0.4) is 0 Å². The number of carbonyl (C=O) groups is 1. The number of imidazole rings is 1. The van der Waals surface area contributed by atoms with Gasteiger partial charge in [0.2, 0.25) is 0 Å². The third-order valence-corrected chi connectivity index (χ3v) is 3.44. The van der Waals surface area contributed by atoms with E-state index in [9.17, 15) is 4.79 Å². The molecular weight excluding hydrogens is 266 g/mol. The molecule has 0 radical (unpaired) electrons. The third kappa shape index (κ3) is 2.65. The molecule has 0 atom stereocenters. The van der Waals surface area contributed by atoms with Crippen LogP contribution in [0, 0.1) is 13.8 Å². The van der Waals surface area contributed by atoms with Gasteiger partial charge < -0.3 is 10.3 Å². The van der Waals surface area contributed by atoms with Crippen LogP contribution in [0.15, 0.2) is 24.3 Å². The van der Waals surface area contributed by atoms with Crippen LogP contribution in [0.1, 0.15) is 27.6 Å². The van der Waals surface area contributed by atoms with Crippen LogP contribution in [-0.4, -0.2) is 32.6 Å². The Morgan fingerprint density at radius 3 is 2.81 bits per heavy atom. The number of para-hydroxylation sites is 2. The first-order chi connectivity index (χ1) is 10.1. The topological polar surface area (TPSA) is 86.5 Å². The third-order valence-electron chi connectivity index (χ3n) is 3.44. The minimum atomic E-state index is -0.102. The molecule has 0 fully saturated rings. The highest BCUT2D eigenvalue weighted by Gasteiger charge is 2.14. The predicted molar refractivity (Wildman–Crippen MR) is 80.2 cm³/mol. The first-order valence-electron chi connectivity index (χ1n) is 6.88. The van der Waals surface area contributed by atoms with Gasteiger partial charge >= 0.3 is 0 Å². The van der Waals surface area contributed by atoms with Crippen molar-refractivity contribution >= 4 is 16.9 Å². The first kappa shape index (κ1) is 13.4. The summed E-state index contributed by atoms with van der Waals surface area (Å²) < 4.78 is 0. The van der Waals surface area contributed by atoms with E-state index in [-0.39, 0.29) is 5.91 Å². The fourth-order valence-electron chi connectivity index (χ4n) is 2.39. The number of benzene rings is 1. The lowest BCUT2D eigenvalue weighted by molar-refractivity contribution is 0.0953. The molecule has 2 aromatic heterocycles. The lowest BCUT2D eigenvalue weighted by atomic mass is 10.2. The van der Waals surface area contributed by atoms with Gasteiger partial charge in [0.1, 0.15) is 5.82 Å². The van der Waals surface area contributed by atoms with Gasteiger partial charge in [0, 0.05) is 18.7 Å². The Hall–Kier alpha value is -2.63. The summed E-state index contributed by atoms with van der Waals surface area (Å²) in [6, 6.07) is 7.88. The Kier molecular flexibility index (Phi) is 3.43. The van der Waals surface area contributed by atoms with Crippen LogP contribution in [-0.2, 0) is 6.42 Å². The summed E-state index contributed by atoms with van der Waals surface area (Å²) in [5.41, 5.74) is 4.09. The number of fused-ring (bicyclic) bond motifs is 1. The highest BCUT2D eigenvalue weighted by Crippen LogP contribution is 2.11. The Balaban J connectivity index is 1.62. The van der Waals surface area contributed by atoms with Crippen molar-refractivity contribution in [2.45, 2.75) is 20.3 Å². The maximum absolute atomic E-state index is 12.1. The summed E-state index contributed by atoms with van der Waals surface area (Å²) in [4.78, 5) is 19.8. The van der Waals surface area contributed by atoms with Crippen LogP contribution < -0.4 is 5.32 Å². The maximum atomic E-state index is 12.1. The second kappa shape index (κ2) is 5.40. The highest BCUT2D eigenvalue weighted by atomic mass is 16.1. The minimum Gasteiger partial charge on any atom is -0.351 e. The molecule has 1 aromatic carbocycles. The van der Waals surface area contributed by atoms with E-state index in [1.54, 1.807) is 0 Å². The summed E-state index contributed by atoms with van der Waals surface area (Å²) >= 11 is 0. The van der Waals surface area contributed by atoms with E-state index in [1.165, 1.54) is 0 Å². The van der Waals surface area contributed by atoms with Crippen molar-refractivity contribution in [3.8, 4) is 0 Å². The molecule has 6 nitrogen and oxygen atoms in total. The number of carbonyl (C=O) groups excluding carboxylic acids is 1. The molecule has 108 valence electrons. The average molecular weight is 283 g/mol. The number of nitrogens with zero attached hydrogens (tertiary/aromatic N) is 2. The number of nitrogens with one attached hydrogen (secondary N) is 3. The number of amides is 1. The van der Waals surface area contributed by atoms with Crippen LogP contribution in [0.5, 0.6) is 0 Å². The predicted octanol–water partition coefficient (Wildman–Crippen LogP) is 1.88. The van der Waals surface area contributed by atoms with Gasteiger partial charge in [-0.15, -0.1) is 0 Å². The van der Waals surface area contributed by atoms with Crippen molar-refractivity contribution in [2.75, 3.05) is 6.54 Å². The van der Waals surface area contributed by atoms with Crippen LogP contribution in [0.2, 0.25) is 0 Å². The molecule has 0 unspecified atom stereocenters. The van der Waals surface area contributed by atoms with E-state index >= 15 is 0 Å². The number of H-pyrrole nitrogens is 2. The van der Waals surface area contributed by atoms with Gasteiger partial charge in [-0.05, 0) is 26.0 Å². The second-order valence-electron chi connectivity index (χ2n) is 5.02. The van der Waals surface area contributed by atoms with E-state index in [0.29, 0.717) is 24.2 Å². The van der Waals surface area contributed by atoms with E-state index in [4.69, 9.17) is 0 Å². The molecule has 3 rings (SSSR count). The molecule has 2 heterocycles.